The van der Waals surface area contributed by atoms with E-state index in [1.54, 1.807) is 0 Å². The molecule has 0 saturated carbocycles. The van der Waals surface area contributed by atoms with Gasteiger partial charge in [-0.1, -0.05) is 20.3 Å². The van der Waals surface area contributed by atoms with Gasteiger partial charge in [0.15, 0.2) is 0 Å². The molecule has 0 spiro atoms. The van der Waals surface area contributed by atoms with Crippen molar-refractivity contribution >= 4 is 0 Å². The summed E-state index contributed by atoms with van der Waals surface area (Å²) < 4.78 is 11.1. The van der Waals surface area contributed by atoms with Crippen molar-refractivity contribution in [3.8, 4) is 0 Å². The van der Waals surface area contributed by atoms with Crippen LogP contribution in [-0.4, -0.2) is 61.2 Å². The van der Waals surface area contributed by atoms with Crippen molar-refractivity contribution in [1.29, 1.82) is 0 Å². The zero-order chi connectivity index (χ0) is 13.4. The SMILES string of the molecule is CCCCOCC(O)CN1CC(C)OCC1CC. The minimum Gasteiger partial charge on any atom is -0.389 e. The molecule has 0 aromatic rings. The first-order valence-corrected chi connectivity index (χ1v) is 7.28. The van der Waals surface area contributed by atoms with E-state index >= 15 is 0 Å². The van der Waals surface area contributed by atoms with Gasteiger partial charge in [0.1, 0.15) is 0 Å². The van der Waals surface area contributed by atoms with Gasteiger partial charge in [0.25, 0.3) is 0 Å². The summed E-state index contributed by atoms with van der Waals surface area (Å²) in [5.74, 6) is 0. The van der Waals surface area contributed by atoms with Crippen molar-refractivity contribution in [2.45, 2.75) is 58.3 Å². The Balaban J connectivity index is 2.25. The van der Waals surface area contributed by atoms with E-state index in [0.717, 1.165) is 39.0 Å². The van der Waals surface area contributed by atoms with Gasteiger partial charge in [-0.2, -0.15) is 0 Å². The highest BCUT2D eigenvalue weighted by molar-refractivity contribution is 4.79. The van der Waals surface area contributed by atoms with Crippen molar-refractivity contribution in [3.63, 3.8) is 0 Å². The quantitative estimate of drug-likeness (QED) is 0.673. The Morgan fingerprint density at radius 2 is 2.22 bits per heavy atom. The van der Waals surface area contributed by atoms with Crippen LogP contribution in [0.25, 0.3) is 0 Å². The number of morpholine rings is 1. The molecule has 1 fully saturated rings. The van der Waals surface area contributed by atoms with Gasteiger partial charge in [-0.3, -0.25) is 4.90 Å². The molecule has 0 radical (unpaired) electrons. The molecule has 0 aromatic heterocycles. The number of ether oxygens (including phenoxy) is 2. The van der Waals surface area contributed by atoms with Crippen LogP contribution in [0.5, 0.6) is 0 Å². The monoisotopic (exact) mass is 259 g/mol. The second-order valence-corrected chi connectivity index (χ2v) is 5.24. The molecular formula is C14H29NO3. The van der Waals surface area contributed by atoms with E-state index in [2.05, 4.69) is 25.7 Å². The Hall–Kier alpha value is -0.160. The number of unbranched alkanes of at least 4 members (excludes halogenated alkanes) is 1. The van der Waals surface area contributed by atoms with Crippen LogP contribution in [0, 0.1) is 0 Å². The first kappa shape index (κ1) is 15.9. The molecule has 1 N–H and O–H groups in total. The van der Waals surface area contributed by atoms with Crippen LogP contribution in [0.1, 0.15) is 40.0 Å². The first-order valence-electron chi connectivity index (χ1n) is 7.28. The van der Waals surface area contributed by atoms with Crippen molar-refractivity contribution in [2.24, 2.45) is 0 Å². The molecule has 1 aliphatic heterocycles. The maximum Gasteiger partial charge on any atom is 0.0900 e. The zero-order valence-corrected chi connectivity index (χ0v) is 12.1. The van der Waals surface area contributed by atoms with Gasteiger partial charge < -0.3 is 14.6 Å². The average molecular weight is 259 g/mol. The van der Waals surface area contributed by atoms with Gasteiger partial charge in [-0.15, -0.1) is 0 Å². The van der Waals surface area contributed by atoms with Gasteiger partial charge in [0.05, 0.1) is 25.4 Å². The van der Waals surface area contributed by atoms with Crippen LogP contribution < -0.4 is 0 Å². The molecule has 0 aliphatic carbocycles. The molecular weight excluding hydrogens is 230 g/mol. The second kappa shape index (κ2) is 8.86. The zero-order valence-electron chi connectivity index (χ0n) is 12.1. The lowest BCUT2D eigenvalue weighted by Crippen LogP contribution is -2.51. The van der Waals surface area contributed by atoms with Crippen LogP contribution >= 0.6 is 0 Å². The van der Waals surface area contributed by atoms with E-state index in [4.69, 9.17) is 9.47 Å². The summed E-state index contributed by atoms with van der Waals surface area (Å²) in [6.45, 7) is 9.97. The van der Waals surface area contributed by atoms with Gasteiger partial charge >= 0.3 is 0 Å². The number of β-amino-alcohol motifs (C(OH)–C–C–N with tert-alkyl or cyclic N) is 1. The van der Waals surface area contributed by atoms with Crippen molar-refractivity contribution in [2.75, 3.05) is 32.9 Å². The van der Waals surface area contributed by atoms with E-state index in [-0.39, 0.29) is 12.2 Å². The number of rotatable bonds is 8. The molecule has 1 rings (SSSR count). The lowest BCUT2D eigenvalue weighted by atomic mass is 10.1. The van der Waals surface area contributed by atoms with E-state index in [1.165, 1.54) is 0 Å². The number of aliphatic hydroxyl groups is 1. The van der Waals surface area contributed by atoms with Crippen molar-refractivity contribution in [3.05, 3.63) is 0 Å². The minimum absolute atomic E-state index is 0.265. The molecule has 1 saturated heterocycles. The number of nitrogens with zero attached hydrogens (tertiary/aromatic N) is 1. The standard InChI is InChI=1S/C14H29NO3/c1-4-6-7-17-11-14(16)9-15-8-12(3)18-10-13(15)5-2/h12-14,16H,4-11H2,1-3H3. The average Bonchev–Trinajstić information content (AvgIpc) is 2.35. The maximum atomic E-state index is 9.99. The first-order chi connectivity index (χ1) is 8.67. The lowest BCUT2D eigenvalue weighted by Gasteiger charge is -2.39. The third-order valence-corrected chi connectivity index (χ3v) is 3.45. The van der Waals surface area contributed by atoms with Crippen molar-refractivity contribution in [1.82, 2.24) is 4.90 Å². The van der Waals surface area contributed by atoms with E-state index in [0.29, 0.717) is 19.2 Å². The van der Waals surface area contributed by atoms with Crippen LogP contribution in [0.15, 0.2) is 0 Å². The lowest BCUT2D eigenvalue weighted by molar-refractivity contribution is -0.0758. The summed E-state index contributed by atoms with van der Waals surface area (Å²) in [5, 5.41) is 9.99. The summed E-state index contributed by atoms with van der Waals surface area (Å²) >= 11 is 0. The number of hydrogen-bond acceptors (Lipinski definition) is 4. The normalized spacial score (nSPS) is 27.3. The summed E-state index contributed by atoms with van der Waals surface area (Å²) in [7, 11) is 0. The highest BCUT2D eigenvalue weighted by Crippen LogP contribution is 2.14. The Morgan fingerprint density at radius 1 is 1.44 bits per heavy atom. The molecule has 0 bridgehead atoms. The third kappa shape index (κ3) is 5.65. The highest BCUT2D eigenvalue weighted by Gasteiger charge is 2.26. The van der Waals surface area contributed by atoms with Gasteiger partial charge in [0.2, 0.25) is 0 Å². The fourth-order valence-corrected chi connectivity index (χ4v) is 2.30. The molecule has 18 heavy (non-hydrogen) atoms. The molecule has 0 aromatic carbocycles. The Bertz CT molecular complexity index is 213. The van der Waals surface area contributed by atoms with E-state index in [9.17, 15) is 5.11 Å². The molecule has 1 heterocycles. The van der Waals surface area contributed by atoms with Gasteiger partial charge in [-0.05, 0) is 19.8 Å². The molecule has 3 unspecified atom stereocenters. The van der Waals surface area contributed by atoms with Crippen LogP contribution in [0.2, 0.25) is 0 Å². The molecule has 1 aliphatic rings. The van der Waals surface area contributed by atoms with Gasteiger partial charge in [0, 0.05) is 25.7 Å². The molecule has 4 heteroatoms. The highest BCUT2D eigenvalue weighted by atomic mass is 16.5. The topological polar surface area (TPSA) is 41.9 Å². The summed E-state index contributed by atoms with van der Waals surface area (Å²) in [6, 6.07) is 0.437. The molecule has 3 atom stereocenters. The predicted octanol–water partition coefficient (Wildman–Crippen LogP) is 1.66. The van der Waals surface area contributed by atoms with Crippen LogP contribution in [0.4, 0.5) is 0 Å². The largest absolute Gasteiger partial charge is 0.389 e. The molecule has 4 nitrogen and oxygen atoms in total. The summed E-state index contributed by atoms with van der Waals surface area (Å²) in [4.78, 5) is 2.34. The van der Waals surface area contributed by atoms with E-state index < -0.39 is 0 Å². The Kier molecular flexibility index (Phi) is 7.82. The third-order valence-electron chi connectivity index (χ3n) is 3.45. The fraction of sp³-hybridized carbons (Fsp3) is 1.00. The number of aliphatic hydroxyl groups excluding tert-OH is 1. The smallest absolute Gasteiger partial charge is 0.0900 e. The van der Waals surface area contributed by atoms with Crippen molar-refractivity contribution < 1.29 is 14.6 Å². The number of hydrogen-bond donors (Lipinski definition) is 1. The molecule has 108 valence electrons. The Morgan fingerprint density at radius 3 is 2.89 bits per heavy atom. The van der Waals surface area contributed by atoms with Crippen LogP contribution in [-0.2, 0) is 9.47 Å². The maximum absolute atomic E-state index is 9.99. The van der Waals surface area contributed by atoms with E-state index in [1.807, 2.05) is 0 Å². The fourth-order valence-electron chi connectivity index (χ4n) is 2.30. The van der Waals surface area contributed by atoms with Gasteiger partial charge in [-0.25, -0.2) is 0 Å². The van der Waals surface area contributed by atoms with Crippen LogP contribution in [0.3, 0.4) is 0 Å². The summed E-state index contributed by atoms with van der Waals surface area (Å²) in [5.41, 5.74) is 0. The predicted molar refractivity (Wildman–Crippen MR) is 72.8 cm³/mol. The minimum atomic E-state index is -0.388. The Labute approximate surface area is 111 Å². The second-order valence-electron chi connectivity index (χ2n) is 5.24. The molecule has 0 amide bonds. The summed E-state index contributed by atoms with van der Waals surface area (Å²) in [6.07, 6.45) is 3.14.